The predicted octanol–water partition coefficient (Wildman–Crippen LogP) is 0.746. The zero-order valence-corrected chi connectivity index (χ0v) is 12.9. The van der Waals surface area contributed by atoms with Crippen molar-refractivity contribution in [2.24, 2.45) is 16.6 Å². The number of rotatable bonds is 6. The summed E-state index contributed by atoms with van der Waals surface area (Å²) in [5.41, 5.74) is 3.71. The summed E-state index contributed by atoms with van der Waals surface area (Å²) in [6.45, 7) is 9.47. The Morgan fingerprint density at radius 3 is 2.40 bits per heavy atom. The number of hydrogen-bond acceptors (Lipinski definition) is 4. The molecule has 6 nitrogen and oxygen atoms in total. The highest BCUT2D eigenvalue weighted by Gasteiger charge is 2.62. The van der Waals surface area contributed by atoms with Gasteiger partial charge in [0.15, 0.2) is 0 Å². The molecule has 0 aromatic heterocycles. The smallest absolute Gasteiger partial charge is 0.310 e. The summed E-state index contributed by atoms with van der Waals surface area (Å²) in [5.74, 6) is -1.27. The van der Waals surface area contributed by atoms with Crippen LogP contribution in [0.4, 0.5) is 0 Å². The Kier molecular flexibility index (Phi) is 4.51. The largest absolute Gasteiger partial charge is 0.481 e. The van der Waals surface area contributed by atoms with E-state index in [1.165, 1.54) is 0 Å². The molecule has 0 saturated heterocycles. The fourth-order valence-electron chi connectivity index (χ4n) is 2.36. The molecule has 2 unspecified atom stereocenters. The number of nitrogens with two attached hydrogens (primary N) is 1. The van der Waals surface area contributed by atoms with E-state index in [4.69, 9.17) is 15.6 Å². The van der Waals surface area contributed by atoms with Gasteiger partial charge in [-0.3, -0.25) is 9.59 Å². The summed E-state index contributed by atoms with van der Waals surface area (Å²) < 4.78 is 5.57. The summed E-state index contributed by atoms with van der Waals surface area (Å²) in [6, 6.07) is 0. The Bertz CT molecular complexity index is 406. The van der Waals surface area contributed by atoms with Gasteiger partial charge in [-0.15, -0.1) is 0 Å². The first-order valence-corrected chi connectivity index (χ1v) is 6.91. The first-order chi connectivity index (χ1) is 8.99. The molecule has 20 heavy (non-hydrogen) atoms. The zero-order chi connectivity index (χ0) is 15.8. The zero-order valence-electron chi connectivity index (χ0n) is 12.9. The van der Waals surface area contributed by atoms with Gasteiger partial charge in [-0.2, -0.15) is 0 Å². The lowest BCUT2D eigenvalue weighted by atomic mass is 9.54. The quantitative estimate of drug-likeness (QED) is 0.668. The number of carbonyl (C=O) groups is 2. The van der Waals surface area contributed by atoms with Gasteiger partial charge in [0.1, 0.15) is 5.54 Å². The van der Waals surface area contributed by atoms with Crippen LogP contribution < -0.4 is 11.1 Å². The van der Waals surface area contributed by atoms with Crippen molar-refractivity contribution in [2.75, 3.05) is 13.2 Å². The molecule has 1 saturated carbocycles. The van der Waals surface area contributed by atoms with Gasteiger partial charge >= 0.3 is 5.97 Å². The molecule has 0 heterocycles. The minimum Gasteiger partial charge on any atom is -0.481 e. The molecule has 0 aromatic rings. The highest BCUT2D eigenvalue weighted by Crippen LogP contribution is 2.49. The molecule has 6 heteroatoms. The van der Waals surface area contributed by atoms with Crippen LogP contribution in [0.1, 0.15) is 41.0 Å². The summed E-state index contributed by atoms with van der Waals surface area (Å²) in [7, 11) is 0. The maximum absolute atomic E-state index is 12.3. The molecule has 1 aliphatic carbocycles. The van der Waals surface area contributed by atoms with Crippen LogP contribution in [0.2, 0.25) is 0 Å². The summed E-state index contributed by atoms with van der Waals surface area (Å²) >= 11 is 0. The normalized spacial score (nSPS) is 28.6. The molecular formula is C14H26N2O4. The van der Waals surface area contributed by atoms with Crippen molar-refractivity contribution in [2.45, 2.75) is 52.7 Å². The van der Waals surface area contributed by atoms with E-state index in [1.54, 1.807) is 13.8 Å². The summed E-state index contributed by atoms with van der Waals surface area (Å²) in [5, 5.41) is 11.7. The van der Waals surface area contributed by atoms with E-state index in [1.807, 2.05) is 20.8 Å². The van der Waals surface area contributed by atoms with E-state index in [-0.39, 0.29) is 18.6 Å². The van der Waals surface area contributed by atoms with Crippen molar-refractivity contribution in [1.82, 2.24) is 5.32 Å². The fraction of sp³-hybridized carbons (Fsp3) is 0.857. The average Bonchev–Trinajstić information content (AvgIpc) is 2.35. The highest BCUT2D eigenvalue weighted by atomic mass is 16.5. The maximum Gasteiger partial charge on any atom is 0.310 e. The highest BCUT2D eigenvalue weighted by molar-refractivity contribution is 5.89. The number of nitrogens with one attached hydrogen (secondary N) is 1. The van der Waals surface area contributed by atoms with Crippen molar-refractivity contribution in [3.63, 3.8) is 0 Å². The second-order valence-corrected chi connectivity index (χ2v) is 6.71. The lowest BCUT2D eigenvalue weighted by molar-refractivity contribution is -0.171. The molecule has 0 radical (unpaired) electrons. The molecule has 0 aliphatic heterocycles. The number of ether oxygens (including phenoxy) is 1. The second kappa shape index (κ2) is 5.33. The Hall–Kier alpha value is -1.14. The van der Waals surface area contributed by atoms with Crippen LogP contribution in [-0.2, 0) is 14.3 Å². The fourth-order valence-corrected chi connectivity index (χ4v) is 2.36. The first-order valence-electron chi connectivity index (χ1n) is 6.91. The number of aliphatic carboxylic acids is 1. The topological polar surface area (TPSA) is 102 Å². The van der Waals surface area contributed by atoms with E-state index in [9.17, 15) is 9.59 Å². The monoisotopic (exact) mass is 286 g/mol. The third-order valence-corrected chi connectivity index (χ3v) is 4.50. The van der Waals surface area contributed by atoms with E-state index in [2.05, 4.69) is 5.32 Å². The van der Waals surface area contributed by atoms with Gasteiger partial charge in [-0.25, -0.2) is 0 Å². The van der Waals surface area contributed by atoms with Crippen LogP contribution in [0.3, 0.4) is 0 Å². The van der Waals surface area contributed by atoms with E-state index < -0.39 is 22.3 Å². The minimum absolute atomic E-state index is 0.0456. The number of carbonyl (C=O) groups excluding carboxylic acids is 1. The number of hydrogen-bond donors (Lipinski definition) is 3. The van der Waals surface area contributed by atoms with Crippen molar-refractivity contribution < 1.29 is 19.4 Å². The molecule has 1 amide bonds. The molecule has 0 aromatic carbocycles. The van der Waals surface area contributed by atoms with Gasteiger partial charge in [0.25, 0.3) is 0 Å². The van der Waals surface area contributed by atoms with Gasteiger partial charge < -0.3 is 20.9 Å². The Morgan fingerprint density at radius 2 is 2.00 bits per heavy atom. The average molecular weight is 286 g/mol. The molecule has 1 rings (SSSR count). The molecular weight excluding hydrogens is 260 g/mol. The van der Waals surface area contributed by atoms with Crippen LogP contribution in [0, 0.1) is 10.8 Å². The summed E-state index contributed by atoms with van der Waals surface area (Å²) in [6.07, 6.45) is 0.406. The molecule has 0 bridgehead atoms. The van der Waals surface area contributed by atoms with Crippen LogP contribution in [0.15, 0.2) is 0 Å². The third-order valence-electron chi connectivity index (χ3n) is 4.50. The molecule has 116 valence electrons. The van der Waals surface area contributed by atoms with Crippen LogP contribution in [0.5, 0.6) is 0 Å². The van der Waals surface area contributed by atoms with Crippen molar-refractivity contribution >= 4 is 11.9 Å². The SMILES string of the molecule is CCOC1CC(N)(C(=O)NCC(C)(C)C(=O)O)C1(C)C. The van der Waals surface area contributed by atoms with Crippen LogP contribution in [-0.4, -0.2) is 41.8 Å². The second-order valence-electron chi connectivity index (χ2n) is 6.71. The Morgan fingerprint density at radius 1 is 1.45 bits per heavy atom. The molecule has 1 fully saturated rings. The van der Waals surface area contributed by atoms with Gasteiger partial charge in [-0.05, 0) is 20.8 Å². The van der Waals surface area contributed by atoms with Crippen LogP contribution in [0.25, 0.3) is 0 Å². The Labute approximate surface area is 120 Å². The van der Waals surface area contributed by atoms with Gasteiger partial charge in [-0.1, -0.05) is 13.8 Å². The molecule has 0 spiro atoms. The Balaban J connectivity index is 2.67. The van der Waals surface area contributed by atoms with Crippen molar-refractivity contribution in [1.29, 1.82) is 0 Å². The van der Waals surface area contributed by atoms with Gasteiger partial charge in [0.05, 0.1) is 11.5 Å². The first kappa shape index (κ1) is 16.9. The molecule has 2 atom stereocenters. The molecule has 4 N–H and O–H groups in total. The lowest BCUT2D eigenvalue weighted by Crippen LogP contribution is -2.76. The minimum atomic E-state index is -1.01. The summed E-state index contributed by atoms with van der Waals surface area (Å²) in [4.78, 5) is 23.3. The lowest BCUT2D eigenvalue weighted by Gasteiger charge is -2.57. The van der Waals surface area contributed by atoms with E-state index in [0.717, 1.165) is 0 Å². The maximum atomic E-state index is 12.3. The standard InChI is InChI=1S/C14H26N2O4/c1-6-20-9-7-14(15,13(9,4)5)10(17)16-8-12(2,3)11(18)19/h9H,6-8,15H2,1-5H3,(H,16,17)(H,18,19). The van der Waals surface area contributed by atoms with Gasteiger partial charge in [0.2, 0.25) is 5.91 Å². The third kappa shape index (κ3) is 2.67. The van der Waals surface area contributed by atoms with E-state index in [0.29, 0.717) is 13.0 Å². The van der Waals surface area contributed by atoms with Crippen LogP contribution >= 0.6 is 0 Å². The predicted molar refractivity (Wildman–Crippen MR) is 75.2 cm³/mol. The number of amides is 1. The number of carboxylic acid groups (broad SMARTS) is 1. The van der Waals surface area contributed by atoms with Gasteiger partial charge in [0, 0.05) is 25.0 Å². The molecule has 1 aliphatic rings. The van der Waals surface area contributed by atoms with E-state index >= 15 is 0 Å². The van der Waals surface area contributed by atoms with Crippen molar-refractivity contribution in [3.8, 4) is 0 Å². The number of carboxylic acids is 1. The van der Waals surface area contributed by atoms with Crippen molar-refractivity contribution in [3.05, 3.63) is 0 Å².